The molecule has 1 aliphatic rings. The van der Waals surface area contributed by atoms with Gasteiger partial charge in [0, 0.05) is 25.4 Å². The van der Waals surface area contributed by atoms with Gasteiger partial charge in [-0.25, -0.2) is 14.8 Å². The highest BCUT2D eigenvalue weighted by molar-refractivity contribution is 7.98. The summed E-state index contributed by atoms with van der Waals surface area (Å²) < 4.78 is 0. The van der Waals surface area contributed by atoms with Crippen LogP contribution in [-0.4, -0.2) is 53.1 Å². The number of likely N-dealkylation sites (N-methyl/N-ethyl adjacent to an activating group) is 1. The van der Waals surface area contributed by atoms with Crippen LogP contribution in [0.1, 0.15) is 30.0 Å². The third-order valence-electron chi connectivity index (χ3n) is 5.68. The summed E-state index contributed by atoms with van der Waals surface area (Å²) in [6.45, 7) is 13.5. The Balaban J connectivity index is 1.70. The minimum absolute atomic E-state index is 0.534. The van der Waals surface area contributed by atoms with Crippen LogP contribution >= 0.6 is 11.8 Å². The molecule has 0 aliphatic carbocycles. The fraction of sp³-hybridized carbons (Fsp3) is 0.391. The average molecular weight is 432 g/mol. The Hall–Kier alpha value is -3.07. The Labute approximate surface area is 186 Å². The van der Waals surface area contributed by atoms with Crippen LogP contribution in [0, 0.1) is 17.9 Å². The van der Waals surface area contributed by atoms with Gasteiger partial charge in [-0.15, -0.1) is 11.8 Å². The number of aromatic amines is 1. The van der Waals surface area contributed by atoms with E-state index in [4.69, 9.17) is 11.6 Å². The highest BCUT2D eigenvalue weighted by Gasteiger charge is 2.24. The van der Waals surface area contributed by atoms with Crippen molar-refractivity contribution < 1.29 is 0 Å². The Morgan fingerprint density at radius 3 is 2.94 bits per heavy atom. The Kier molecular flexibility index (Phi) is 6.41. The molecule has 7 nitrogen and oxygen atoms in total. The molecule has 0 spiro atoms. The number of pyridine rings is 1. The van der Waals surface area contributed by atoms with Gasteiger partial charge in [-0.3, -0.25) is 0 Å². The molecule has 158 valence electrons. The molecule has 31 heavy (non-hydrogen) atoms. The van der Waals surface area contributed by atoms with Gasteiger partial charge in [0.1, 0.15) is 16.9 Å². The first-order valence-corrected chi connectivity index (χ1v) is 11.5. The molecule has 0 amide bonds. The number of nitrogens with one attached hydrogen (secondary N) is 1. The Morgan fingerprint density at radius 2 is 2.16 bits per heavy atom. The van der Waals surface area contributed by atoms with Crippen molar-refractivity contribution in [3.8, 4) is 6.07 Å². The van der Waals surface area contributed by atoms with E-state index in [-0.39, 0.29) is 0 Å². The molecular formula is C23H25N7S. The van der Waals surface area contributed by atoms with Gasteiger partial charge in [-0.2, -0.15) is 5.26 Å². The molecule has 3 aromatic rings. The molecular weight excluding hydrogens is 406 g/mol. The van der Waals surface area contributed by atoms with Crippen LogP contribution in [-0.2, 0) is 12.2 Å². The van der Waals surface area contributed by atoms with Crippen LogP contribution in [0.15, 0.2) is 29.6 Å². The summed E-state index contributed by atoms with van der Waals surface area (Å²) in [5, 5.41) is 10.6. The van der Waals surface area contributed by atoms with E-state index >= 15 is 0 Å². The van der Waals surface area contributed by atoms with Gasteiger partial charge in [-0.1, -0.05) is 13.0 Å². The molecule has 0 bridgehead atoms. The monoisotopic (exact) mass is 431 g/mol. The fourth-order valence-corrected chi connectivity index (χ4v) is 4.92. The van der Waals surface area contributed by atoms with Crippen LogP contribution < -0.4 is 4.90 Å². The van der Waals surface area contributed by atoms with Crippen LogP contribution in [0.2, 0.25) is 0 Å². The summed E-state index contributed by atoms with van der Waals surface area (Å²) in [7, 11) is 2.13. The molecule has 0 saturated carbocycles. The summed E-state index contributed by atoms with van der Waals surface area (Å²) in [4.78, 5) is 20.7. The largest absolute Gasteiger partial charge is 0.364 e. The summed E-state index contributed by atoms with van der Waals surface area (Å²) in [6, 6.07) is 8.47. The van der Waals surface area contributed by atoms with Crippen molar-refractivity contribution >= 4 is 34.3 Å². The second-order valence-corrected chi connectivity index (χ2v) is 8.67. The first-order valence-electron chi connectivity index (χ1n) is 10.5. The first-order chi connectivity index (χ1) is 15.1. The number of imidazole rings is 1. The van der Waals surface area contributed by atoms with Crippen molar-refractivity contribution in [3.63, 3.8) is 0 Å². The van der Waals surface area contributed by atoms with Gasteiger partial charge >= 0.3 is 0 Å². The van der Waals surface area contributed by atoms with E-state index in [1.807, 2.05) is 13.0 Å². The zero-order valence-electron chi connectivity index (χ0n) is 17.9. The molecule has 0 unspecified atom stereocenters. The fourth-order valence-electron chi connectivity index (χ4n) is 3.97. The minimum atomic E-state index is 0.534. The number of thioether (sulfide) groups is 1. The van der Waals surface area contributed by atoms with Gasteiger partial charge in [0.2, 0.25) is 5.69 Å². The van der Waals surface area contributed by atoms with E-state index in [1.165, 1.54) is 0 Å². The van der Waals surface area contributed by atoms with E-state index in [0.717, 1.165) is 60.6 Å². The summed E-state index contributed by atoms with van der Waals surface area (Å²) in [5.41, 5.74) is 4.96. The molecule has 1 aliphatic heterocycles. The molecule has 0 atom stereocenters. The van der Waals surface area contributed by atoms with Crippen molar-refractivity contribution in [1.82, 2.24) is 19.9 Å². The smallest absolute Gasteiger partial charge is 0.232 e. The number of nitriles is 1. The third kappa shape index (κ3) is 4.36. The molecule has 2 aromatic heterocycles. The highest BCUT2D eigenvalue weighted by Crippen LogP contribution is 2.39. The predicted octanol–water partition coefficient (Wildman–Crippen LogP) is 4.38. The molecule has 8 heteroatoms. The lowest BCUT2D eigenvalue weighted by atomic mass is 10.1. The van der Waals surface area contributed by atoms with Crippen LogP contribution in [0.25, 0.3) is 15.9 Å². The normalized spacial score (nSPS) is 14.9. The molecule has 3 heterocycles. The van der Waals surface area contributed by atoms with Crippen molar-refractivity contribution in [2.45, 2.75) is 30.5 Å². The first kappa shape index (κ1) is 21.2. The number of H-pyrrole nitrogens is 1. The van der Waals surface area contributed by atoms with Crippen molar-refractivity contribution in [1.29, 1.82) is 5.26 Å². The molecule has 1 saturated heterocycles. The van der Waals surface area contributed by atoms with Crippen molar-refractivity contribution in [2.75, 3.05) is 38.1 Å². The van der Waals surface area contributed by atoms with Crippen molar-refractivity contribution in [3.05, 3.63) is 52.6 Å². The van der Waals surface area contributed by atoms with E-state index in [2.05, 4.69) is 49.9 Å². The average Bonchev–Trinajstić information content (AvgIpc) is 3.15. The third-order valence-corrected chi connectivity index (χ3v) is 6.72. The van der Waals surface area contributed by atoms with E-state index < -0.39 is 0 Å². The lowest BCUT2D eigenvalue weighted by molar-refractivity contribution is 0.360. The quantitative estimate of drug-likeness (QED) is 0.477. The van der Waals surface area contributed by atoms with Gasteiger partial charge in [-0.05, 0) is 49.7 Å². The molecule has 0 radical (unpaired) electrons. The molecule has 4 rings (SSSR count). The summed E-state index contributed by atoms with van der Waals surface area (Å²) in [6.07, 6.45) is 3.36. The van der Waals surface area contributed by atoms with Gasteiger partial charge < -0.3 is 14.8 Å². The van der Waals surface area contributed by atoms with E-state index in [9.17, 15) is 5.26 Å². The zero-order valence-corrected chi connectivity index (χ0v) is 18.7. The van der Waals surface area contributed by atoms with Crippen molar-refractivity contribution in [2.24, 2.45) is 0 Å². The molecule has 1 N–H and O–H groups in total. The maximum atomic E-state index is 9.90. The number of benzene rings is 1. The summed E-state index contributed by atoms with van der Waals surface area (Å²) >= 11 is 1.56. The molecule has 1 aromatic carbocycles. The predicted molar refractivity (Wildman–Crippen MR) is 125 cm³/mol. The maximum Gasteiger partial charge on any atom is 0.232 e. The number of fused-ring (bicyclic) bond motifs is 1. The maximum absolute atomic E-state index is 9.90. The summed E-state index contributed by atoms with van der Waals surface area (Å²) in [5.74, 6) is 1.42. The van der Waals surface area contributed by atoms with E-state index in [1.54, 1.807) is 18.1 Å². The van der Waals surface area contributed by atoms with Gasteiger partial charge in [0.15, 0.2) is 0 Å². The highest BCUT2D eigenvalue weighted by atomic mass is 32.2. The Bertz CT molecular complexity index is 1170. The van der Waals surface area contributed by atoms with Gasteiger partial charge in [0.05, 0.1) is 29.5 Å². The van der Waals surface area contributed by atoms with Crippen LogP contribution in [0.4, 0.5) is 11.5 Å². The number of nitrogens with zero attached hydrogens (tertiary/aromatic N) is 6. The standard InChI is InChI=1S/C23H25N7S/c1-4-17-18(13-24)23(31-14-16-6-7-19-20(12-16)27-15-26-19)28-22(21(17)25-2)30-9-5-8-29(3)10-11-30/h6-7,12,15H,4-5,8-11,14H2,1,3H3,(H,26,27). The number of anilines is 1. The number of hydrogen-bond acceptors (Lipinski definition) is 6. The van der Waals surface area contributed by atoms with Crippen LogP contribution in [0.3, 0.4) is 0 Å². The number of hydrogen-bond donors (Lipinski definition) is 1. The lowest BCUT2D eigenvalue weighted by Crippen LogP contribution is -2.29. The topological polar surface area (TPSA) is 76.2 Å². The SMILES string of the molecule is [C-]#[N+]c1c(N2CCCN(C)CC2)nc(SCc2ccc3nc[nH]c3c2)c(C#N)c1CC. The van der Waals surface area contributed by atoms with E-state index in [0.29, 0.717) is 28.5 Å². The second-order valence-electron chi connectivity index (χ2n) is 7.71. The lowest BCUT2D eigenvalue weighted by Gasteiger charge is -2.25. The number of aromatic nitrogens is 3. The Morgan fingerprint density at radius 1 is 1.29 bits per heavy atom. The second kappa shape index (κ2) is 9.38. The molecule has 1 fully saturated rings. The van der Waals surface area contributed by atoms with Gasteiger partial charge in [0.25, 0.3) is 0 Å². The minimum Gasteiger partial charge on any atom is -0.364 e. The number of rotatable bonds is 5. The van der Waals surface area contributed by atoms with Crippen LogP contribution in [0.5, 0.6) is 0 Å². The zero-order chi connectivity index (χ0) is 21.8.